The molecule has 2 aromatic rings. The molecule has 1 saturated heterocycles. The molecule has 124 valence electrons. The van der Waals surface area contributed by atoms with Crippen LogP contribution in [0.15, 0.2) is 48.5 Å². The Kier molecular flexibility index (Phi) is 3.77. The number of hydrogen-bond acceptors (Lipinski definition) is 3. The number of para-hydroxylation sites is 2. The van der Waals surface area contributed by atoms with Gasteiger partial charge >= 0.3 is 0 Å². The van der Waals surface area contributed by atoms with E-state index in [0.717, 1.165) is 30.4 Å². The summed E-state index contributed by atoms with van der Waals surface area (Å²) in [5, 5.41) is 22.7. The summed E-state index contributed by atoms with van der Waals surface area (Å²) >= 11 is 0. The Morgan fingerprint density at radius 2 is 1.25 bits per heavy atom. The molecule has 1 saturated carbocycles. The van der Waals surface area contributed by atoms with Crippen LogP contribution in [0.3, 0.4) is 0 Å². The van der Waals surface area contributed by atoms with Gasteiger partial charge in [-0.2, -0.15) is 0 Å². The first kappa shape index (κ1) is 15.2. The van der Waals surface area contributed by atoms with Crippen molar-refractivity contribution in [2.75, 3.05) is 0 Å². The van der Waals surface area contributed by atoms with E-state index in [4.69, 9.17) is 0 Å². The fourth-order valence-electron chi connectivity index (χ4n) is 4.50. The zero-order valence-electron chi connectivity index (χ0n) is 13.4. The van der Waals surface area contributed by atoms with Crippen molar-refractivity contribution in [3.63, 3.8) is 0 Å². The van der Waals surface area contributed by atoms with E-state index in [2.05, 4.69) is 5.32 Å². The number of fused-ring (bicyclic) bond motifs is 2. The fourth-order valence-corrected chi connectivity index (χ4v) is 4.50. The van der Waals surface area contributed by atoms with E-state index in [0.29, 0.717) is 0 Å². The summed E-state index contributed by atoms with van der Waals surface area (Å²) in [4.78, 5) is 13.0. The van der Waals surface area contributed by atoms with Crippen molar-refractivity contribution in [1.82, 2.24) is 0 Å². The molecule has 4 rings (SSSR count). The van der Waals surface area contributed by atoms with Crippen molar-refractivity contribution in [2.45, 2.75) is 31.3 Å². The van der Waals surface area contributed by atoms with Gasteiger partial charge in [0.2, 0.25) is 0 Å². The molecule has 4 atom stereocenters. The third-order valence-electron chi connectivity index (χ3n) is 5.63. The molecule has 4 heteroatoms. The number of phenolic OH excluding ortho intramolecular Hbond substituents is 2. The van der Waals surface area contributed by atoms with Crippen molar-refractivity contribution >= 4 is 5.78 Å². The van der Waals surface area contributed by atoms with E-state index in [-0.39, 0.29) is 41.2 Å². The SMILES string of the molecule is O=C1[C@H]2CCC[C@@H]1[C@@H](c1ccccc1O)[NH2+][C@@H]2c1ccccc1O. The normalized spacial score (nSPS) is 29.4. The van der Waals surface area contributed by atoms with Gasteiger partial charge in [-0.25, -0.2) is 0 Å². The molecule has 0 amide bonds. The summed E-state index contributed by atoms with van der Waals surface area (Å²) in [7, 11) is 0. The molecular formula is C20H22NO3+. The van der Waals surface area contributed by atoms with Gasteiger partial charge in [0.15, 0.2) is 5.78 Å². The topological polar surface area (TPSA) is 74.1 Å². The maximum absolute atomic E-state index is 13.0. The second-order valence-corrected chi connectivity index (χ2v) is 6.91. The lowest BCUT2D eigenvalue weighted by Gasteiger charge is -2.42. The minimum absolute atomic E-state index is 0.0563. The van der Waals surface area contributed by atoms with Gasteiger partial charge in [-0.3, -0.25) is 4.79 Å². The number of benzene rings is 2. The first-order valence-electron chi connectivity index (χ1n) is 8.61. The lowest BCUT2D eigenvalue weighted by Crippen LogP contribution is -2.92. The molecule has 1 heterocycles. The molecule has 1 aliphatic carbocycles. The van der Waals surface area contributed by atoms with Gasteiger partial charge in [-0.1, -0.05) is 30.7 Å². The number of Topliss-reactive ketones (excluding diaryl/α,β-unsaturated/α-hetero) is 1. The van der Waals surface area contributed by atoms with E-state index >= 15 is 0 Å². The number of carbonyl (C=O) groups is 1. The lowest BCUT2D eigenvalue weighted by atomic mass is 9.67. The van der Waals surface area contributed by atoms with Crippen molar-refractivity contribution in [2.24, 2.45) is 11.8 Å². The van der Waals surface area contributed by atoms with Crippen molar-refractivity contribution < 1.29 is 20.3 Å². The van der Waals surface area contributed by atoms with E-state index in [1.54, 1.807) is 24.3 Å². The van der Waals surface area contributed by atoms with Gasteiger partial charge in [0.1, 0.15) is 23.6 Å². The van der Waals surface area contributed by atoms with Crippen LogP contribution in [0.1, 0.15) is 42.5 Å². The van der Waals surface area contributed by atoms with Crippen molar-refractivity contribution in [1.29, 1.82) is 0 Å². The Labute approximate surface area is 141 Å². The third kappa shape index (κ3) is 2.38. The van der Waals surface area contributed by atoms with Crippen LogP contribution in [0.25, 0.3) is 0 Å². The smallest absolute Gasteiger partial charge is 0.151 e. The minimum atomic E-state index is -0.0974. The molecule has 4 nitrogen and oxygen atoms in total. The second-order valence-electron chi connectivity index (χ2n) is 6.91. The average Bonchev–Trinajstić information content (AvgIpc) is 2.57. The highest BCUT2D eigenvalue weighted by Gasteiger charge is 2.50. The maximum atomic E-state index is 13.0. The summed E-state index contributed by atoms with van der Waals surface area (Å²) in [5.41, 5.74) is 1.63. The molecule has 1 aliphatic heterocycles. The van der Waals surface area contributed by atoms with Gasteiger partial charge in [0.25, 0.3) is 0 Å². The van der Waals surface area contributed by atoms with Gasteiger partial charge in [-0.15, -0.1) is 0 Å². The molecule has 2 bridgehead atoms. The van der Waals surface area contributed by atoms with Crippen LogP contribution in [-0.4, -0.2) is 16.0 Å². The summed E-state index contributed by atoms with van der Waals surface area (Å²) in [6.45, 7) is 0. The van der Waals surface area contributed by atoms with Crippen LogP contribution in [0.4, 0.5) is 0 Å². The van der Waals surface area contributed by atoms with Gasteiger partial charge < -0.3 is 15.5 Å². The molecule has 0 spiro atoms. The van der Waals surface area contributed by atoms with Gasteiger partial charge in [0, 0.05) is 0 Å². The van der Waals surface area contributed by atoms with E-state index in [1.165, 1.54) is 0 Å². The van der Waals surface area contributed by atoms with Crippen LogP contribution in [0.2, 0.25) is 0 Å². The number of aromatic hydroxyl groups is 2. The Balaban J connectivity index is 1.78. The predicted octanol–water partition coefficient (Wildman–Crippen LogP) is 2.44. The maximum Gasteiger partial charge on any atom is 0.151 e. The quantitative estimate of drug-likeness (QED) is 0.794. The molecule has 0 radical (unpaired) electrons. The Morgan fingerprint density at radius 3 is 1.71 bits per heavy atom. The number of phenols is 2. The van der Waals surface area contributed by atoms with Crippen LogP contribution in [0.5, 0.6) is 11.5 Å². The first-order chi connectivity index (χ1) is 11.7. The average molecular weight is 324 g/mol. The molecule has 2 aromatic carbocycles. The second kappa shape index (κ2) is 5.95. The summed E-state index contributed by atoms with van der Waals surface area (Å²) in [6, 6.07) is 14.4. The monoisotopic (exact) mass is 324 g/mol. The Morgan fingerprint density at radius 1 is 0.792 bits per heavy atom. The summed E-state index contributed by atoms with van der Waals surface area (Å²) in [5.74, 6) is 0.654. The number of nitrogens with two attached hydrogens (primary N) is 1. The molecule has 2 fully saturated rings. The minimum Gasteiger partial charge on any atom is -0.507 e. The molecule has 0 aromatic heterocycles. The molecular weight excluding hydrogens is 302 g/mol. The molecule has 4 N–H and O–H groups in total. The highest BCUT2D eigenvalue weighted by Crippen LogP contribution is 2.44. The first-order valence-corrected chi connectivity index (χ1v) is 8.61. The number of carbonyl (C=O) groups excluding carboxylic acids is 1. The highest BCUT2D eigenvalue weighted by atomic mass is 16.3. The molecule has 24 heavy (non-hydrogen) atoms. The number of ketones is 1. The van der Waals surface area contributed by atoms with Crippen LogP contribution >= 0.6 is 0 Å². The summed E-state index contributed by atoms with van der Waals surface area (Å²) in [6.07, 6.45) is 2.76. The highest BCUT2D eigenvalue weighted by molar-refractivity contribution is 5.86. The van der Waals surface area contributed by atoms with Crippen LogP contribution in [0, 0.1) is 11.8 Å². The largest absolute Gasteiger partial charge is 0.507 e. The van der Waals surface area contributed by atoms with E-state index in [1.807, 2.05) is 24.3 Å². The number of hydrogen-bond donors (Lipinski definition) is 3. The van der Waals surface area contributed by atoms with Gasteiger partial charge in [0.05, 0.1) is 23.0 Å². The number of rotatable bonds is 2. The van der Waals surface area contributed by atoms with Crippen LogP contribution < -0.4 is 5.32 Å². The number of piperidine rings is 1. The van der Waals surface area contributed by atoms with Gasteiger partial charge in [-0.05, 0) is 37.1 Å². The fraction of sp³-hybridized carbons (Fsp3) is 0.350. The standard InChI is InChI=1S/C20H21NO3/c22-16-10-3-1-6-12(16)18-14-8-5-9-15(20(14)24)19(21-18)13-7-2-4-11-17(13)23/h1-4,6-7,10-11,14-15,18-19,21-23H,5,8-9H2/p+1/t14-,15+,18-,19-/m1/s1. The Hall–Kier alpha value is -2.33. The molecule has 2 aliphatic rings. The molecule has 0 unspecified atom stereocenters. The summed E-state index contributed by atoms with van der Waals surface area (Å²) < 4.78 is 0. The lowest BCUT2D eigenvalue weighted by molar-refractivity contribution is -0.750. The predicted molar refractivity (Wildman–Crippen MR) is 89.5 cm³/mol. The third-order valence-corrected chi connectivity index (χ3v) is 5.63. The Bertz CT molecular complexity index is 711. The van der Waals surface area contributed by atoms with E-state index < -0.39 is 0 Å². The number of quaternary nitrogens is 1. The van der Waals surface area contributed by atoms with Crippen molar-refractivity contribution in [3.8, 4) is 11.5 Å². The zero-order valence-corrected chi connectivity index (χ0v) is 13.4. The van der Waals surface area contributed by atoms with Crippen molar-refractivity contribution in [3.05, 3.63) is 59.7 Å². The van der Waals surface area contributed by atoms with E-state index in [9.17, 15) is 15.0 Å². The zero-order chi connectivity index (χ0) is 16.7. The van der Waals surface area contributed by atoms with Crippen LogP contribution in [-0.2, 0) is 4.79 Å².